The van der Waals surface area contributed by atoms with Crippen LogP contribution in [0, 0.1) is 0 Å². The normalized spacial score (nSPS) is 11.5. The number of halogens is 1. The van der Waals surface area contributed by atoms with Crippen molar-refractivity contribution in [3.63, 3.8) is 0 Å². The van der Waals surface area contributed by atoms with E-state index in [0.717, 1.165) is 4.31 Å². The van der Waals surface area contributed by atoms with Crippen molar-refractivity contribution < 1.29 is 12.8 Å². The van der Waals surface area contributed by atoms with Gasteiger partial charge in [0.05, 0.1) is 17.3 Å². The zero-order valence-electron chi connectivity index (χ0n) is 11.0. The van der Waals surface area contributed by atoms with E-state index < -0.39 is 16.7 Å². The molecule has 0 amide bonds. The SMILES string of the molecule is C=CCN(CC(N)=S)S(=O)(=O)Cc1cccc(CF)c1. The van der Waals surface area contributed by atoms with Gasteiger partial charge in [0.2, 0.25) is 10.0 Å². The van der Waals surface area contributed by atoms with Crippen molar-refractivity contribution in [2.45, 2.75) is 12.4 Å². The van der Waals surface area contributed by atoms with Gasteiger partial charge in [-0.15, -0.1) is 6.58 Å². The first kappa shape index (κ1) is 16.7. The maximum Gasteiger partial charge on any atom is 0.218 e. The van der Waals surface area contributed by atoms with Gasteiger partial charge in [0.25, 0.3) is 0 Å². The Labute approximate surface area is 124 Å². The molecule has 2 N–H and O–H groups in total. The number of nitrogens with zero attached hydrogens (tertiary/aromatic N) is 1. The van der Waals surface area contributed by atoms with Crippen molar-refractivity contribution in [2.24, 2.45) is 5.73 Å². The highest BCUT2D eigenvalue weighted by molar-refractivity contribution is 7.88. The van der Waals surface area contributed by atoms with E-state index in [1.165, 1.54) is 12.1 Å². The Morgan fingerprint density at radius 3 is 2.65 bits per heavy atom. The van der Waals surface area contributed by atoms with Gasteiger partial charge in [0.15, 0.2) is 0 Å². The van der Waals surface area contributed by atoms with E-state index in [0.29, 0.717) is 11.1 Å². The third-order valence-corrected chi connectivity index (χ3v) is 4.45. The van der Waals surface area contributed by atoms with Gasteiger partial charge in [0.1, 0.15) is 6.67 Å². The van der Waals surface area contributed by atoms with Crippen molar-refractivity contribution >= 4 is 27.2 Å². The first-order valence-electron chi connectivity index (χ1n) is 5.90. The van der Waals surface area contributed by atoms with Crippen LogP contribution in [0.15, 0.2) is 36.9 Å². The fourth-order valence-electron chi connectivity index (χ4n) is 1.70. The van der Waals surface area contributed by atoms with E-state index in [2.05, 4.69) is 6.58 Å². The summed E-state index contributed by atoms with van der Waals surface area (Å²) in [5.74, 6) is -0.225. The summed E-state index contributed by atoms with van der Waals surface area (Å²) in [6, 6.07) is 6.41. The quantitative estimate of drug-likeness (QED) is 0.586. The van der Waals surface area contributed by atoms with Crippen molar-refractivity contribution in [1.29, 1.82) is 0 Å². The molecule has 0 saturated heterocycles. The summed E-state index contributed by atoms with van der Waals surface area (Å²) in [6.07, 6.45) is 1.47. The van der Waals surface area contributed by atoms with Crippen molar-refractivity contribution in [3.05, 3.63) is 48.0 Å². The van der Waals surface area contributed by atoms with E-state index >= 15 is 0 Å². The van der Waals surface area contributed by atoms with Crippen LogP contribution in [-0.4, -0.2) is 30.8 Å². The molecule has 110 valence electrons. The summed E-state index contributed by atoms with van der Waals surface area (Å²) in [5.41, 5.74) is 6.37. The predicted molar refractivity (Wildman–Crippen MR) is 82.4 cm³/mol. The summed E-state index contributed by atoms with van der Waals surface area (Å²) in [5, 5.41) is 0. The van der Waals surface area contributed by atoms with Gasteiger partial charge in [-0.05, 0) is 11.1 Å². The van der Waals surface area contributed by atoms with Crippen LogP contribution in [0.25, 0.3) is 0 Å². The summed E-state index contributed by atoms with van der Waals surface area (Å²) in [7, 11) is -3.59. The lowest BCUT2D eigenvalue weighted by molar-refractivity contribution is 0.479. The number of hydrogen-bond donors (Lipinski definition) is 1. The highest BCUT2D eigenvalue weighted by Crippen LogP contribution is 2.13. The van der Waals surface area contributed by atoms with E-state index in [1.807, 2.05) is 0 Å². The van der Waals surface area contributed by atoms with Crippen molar-refractivity contribution in [1.82, 2.24) is 4.31 Å². The Hall–Kier alpha value is -1.31. The van der Waals surface area contributed by atoms with E-state index in [4.69, 9.17) is 18.0 Å². The fraction of sp³-hybridized carbons (Fsp3) is 0.308. The summed E-state index contributed by atoms with van der Waals surface area (Å²) < 4.78 is 38.3. The molecule has 0 saturated carbocycles. The molecule has 0 heterocycles. The topological polar surface area (TPSA) is 63.4 Å². The average molecular weight is 316 g/mol. The standard InChI is InChI=1S/C13H17FN2O2S2/c1-2-6-16(9-13(15)19)20(17,18)10-12-5-3-4-11(7-12)8-14/h2-5,7H,1,6,8-10H2,(H2,15,19). The minimum Gasteiger partial charge on any atom is -0.392 e. The zero-order valence-corrected chi connectivity index (χ0v) is 12.6. The molecule has 7 heteroatoms. The van der Waals surface area contributed by atoms with Crippen LogP contribution in [0.1, 0.15) is 11.1 Å². The Balaban J connectivity index is 2.95. The van der Waals surface area contributed by atoms with Crippen LogP contribution in [-0.2, 0) is 22.5 Å². The predicted octanol–water partition coefficient (Wildman–Crippen LogP) is 1.76. The maximum absolute atomic E-state index is 12.6. The Bertz CT molecular complexity index is 588. The lowest BCUT2D eigenvalue weighted by Crippen LogP contribution is -2.38. The minimum absolute atomic E-state index is 0.0352. The molecule has 1 rings (SSSR count). The van der Waals surface area contributed by atoms with Crippen LogP contribution in [0.4, 0.5) is 4.39 Å². The van der Waals surface area contributed by atoms with Crippen LogP contribution in [0.3, 0.4) is 0 Å². The number of sulfonamides is 1. The number of thiocarbonyl (C=S) groups is 1. The molecule has 1 aromatic carbocycles. The molecule has 0 aliphatic heterocycles. The molecule has 4 nitrogen and oxygen atoms in total. The molecule has 0 atom stereocenters. The van der Waals surface area contributed by atoms with Gasteiger partial charge < -0.3 is 5.73 Å². The van der Waals surface area contributed by atoms with Gasteiger partial charge in [-0.3, -0.25) is 0 Å². The summed E-state index contributed by atoms with van der Waals surface area (Å²) in [6.45, 7) is 2.98. The third-order valence-electron chi connectivity index (χ3n) is 2.55. The van der Waals surface area contributed by atoms with Gasteiger partial charge in [-0.2, -0.15) is 4.31 Å². The molecule has 0 aromatic heterocycles. The largest absolute Gasteiger partial charge is 0.392 e. The smallest absolute Gasteiger partial charge is 0.218 e. The highest BCUT2D eigenvalue weighted by Gasteiger charge is 2.22. The lowest BCUT2D eigenvalue weighted by atomic mass is 10.2. The average Bonchev–Trinajstić information content (AvgIpc) is 2.37. The van der Waals surface area contributed by atoms with E-state index in [-0.39, 0.29) is 23.8 Å². The highest BCUT2D eigenvalue weighted by atomic mass is 32.2. The molecule has 0 radical (unpaired) electrons. The first-order chi connectivity index (χ1) is 9.39. The molecule has 0 fully saturated rings. The van der Waals surface area contributed by atoms with Crippen molar-refractivity contribution in [3.8, 4) is 0 Å². The second-order valence-electron chi connectivity index (χ2n) is 4.26. The van der Waals surface area contributed by atoms with Crippen LogP contribution >= 0.6 is 12.2 Å². The molecule has 1 aromatic rings. The van der Waals surface area contributed by atoms with Crippen LogP contribution < -0.4 is 5.73 Å². The second kappa shape index (κ2) is 7.47. The zero-order chi connectivity index (χ0) is 15.2. The minimum atomic E-state index is -3.59. The molecule has 0 bridgehead atoms. The lowest BCUT2D eigenvalue weighted by Gasteiger charge is -2.20. The van der Waals surface area contributed by atoms with Gasteiger partial charge >= 0.3 is 0 Å². The molecule has 0 aliphatic carbocycles. The Kier molecular flexibility index (Phi) is 6.25. The first-order valence-corrected chi connectivity index (χ1v) is 7.91. The molecular weight excluding hydrogens is 299 g/mol. The van der Waals surface area contributed by atoms with Gasteiger partial charge in [-0.25, -0.2) is 12.8 Å². The maximum atomic E-state index is 12.6. The monoisotopic (exact) mass is 316 g/mol. The molecular formula is C13H17FN2O2S2. The second-order valence-corrected chi connectivity index (χ2v) is 6.75. The van der Waals surface area contributed by atoms with Crippen molar-refractivity contribution in [2.75, 3.05) is 13.1 Å². The number of rotatable bonds is 8. The molecule has 20 heavy (non-hydrogen) atoms. The number of benzene rings is 1. The number of alkyl halides is 1. The van der Waals surface area contributed by atoms with Gasteiger partial charge in [0, 0.05) is 6.54 Å². The van der Waals surface area contributed by atoms with Crippen LogP contribution in [0.2, 0.25) is 0 Å². The number of nitrogens with two attached hydrogens (primary N) is 1. The Morgan fingerprint density at radius 1 is 1.45 bits per heavy atom. The Morgan fingerprint density at radius 2 is 2.10 bits per heavy atom. The summed E-state index contributed by atoms with van der Waals surface area (Å²) in [4.78, 5) is 0.0907. The summed E-state index contributed by atoms with van der Waals surface area (Å²) >= 11 is 4.75. The van der Waals surface area contributed by atoms with E-state index in [1.54, 1.807) is 18.2 Å². The molecule has 0 aliphatic rings. The van der Waals surface area contributed by atoms with Gasteiger partial charge in [-0.1, -0.05) is 42.6 Å². The molecule has 0 unspecified atom stereocenters. The molecule has 0 spiro atoms. The number of hydrogen-bond acceptors (Lipinski definition) is 3. The van der Waals surface area contributed by atoms with E-state index in [9.17, 15) is 12.8 Å². The fourth-order valence-corrected chi connectivity index (χ4v) is 3.39. The third kappa shape index (κ3) is 4.99. The van der Waals surface area contributed by atoms with Crippen LogP contribution in [0.5, 0.6) is 0 Å².